The molecule has 0 aromatic heterocycles. The van der Waals surface area contributed by atoms with E-state index in [2.05, 4.69) is 4.74 Å². The Morgan fingerprint density at radius 2 is 1.57 bits per heavy atom. The van der Waals surface area contributed by atoms with Crippen LogP contribution in [0.2, 0.25) is 0 Å². The zero-order chi connectivity index (χ0) is 16.3. The number of carboxylic acid groups (broad SMARTS) is 1. The number of aliphatic carboxylic acids is 1. The summed E-state index contributed by atoms with van der Waals surface area (Å²) in [7, 11) is 0. The molecular formula is C12H20Cl2NO8-. The molecule has 0 spiro atoms. The number of carbonyl (C=O) groups excluding carboxylic acids is 3. The van der Waals surface area contributed by atoms with Crippen LogP contribution >= 0.6 is 0 Å². The number of hydrogen-bond donors (Lipinski definition) is 2. The highest BCUT2D eigenvalue weighted by Gasteiger charge is 2.17. The van der Waals surface area contributed by atoms with Gasteiger partial charge in [-0.2, -0.15) is 0 Å². The number of carbonyl (C=O) groups is 4. The lowest BCUT2D eigenvalue weighted by atomic mass is 10.4. The molecular weight excluding hydrogens is 357 g/mol. The van der Waals surface area contributed by atoms with Crippen LogP contribution in [0.3, 0.4) is 0 Å². The first kappa shape index (κ1) is 26.3. The summed E-state index contributed by atoms with van der Waals surface area (Å²) >= 11 is 0. The van der Waals surface area contributed by atoms with E-state index in [9.17, 15) is 19.2 Å². The molecule has 11 heteroatoms. The van der Waals surface area contributed by atoms with Crippen LogP contribution in [-0.4, -0.2) is 61.4 Å². The summed E-state index contributed by atoms with van der Waals surface area (Å²) in [5.74, 6) is -2.66. The molecule has 3 N–H and O–H groups in total. The van der Waals surface area contributed by atoms with Crippen molar-refractivity contribution in [3.63, 3.8) is 0 Å². The van der Waals surface area contributed by atoms with Crippen molar-refractivity contribution in [2.45, 2.75) is 26.4 Å². The third-order valence-electron chi connectivity index (χ3n) is 2.11. The molecule has 23 heavy (non-hydrogen) atoms. The van der Waals surface area contributed by atoms with E-state index >= 15 is 0 Å². The predicted molar refractivity (Wildman–Crippen MR) is 67.1 cm³/mol. The molecule has 0 radical (unpaired) electrons. The van der Waals surface area contributed by atoms with Gasteiger partial charge in [-0.15, -0.1) is 0 Å². The molecule has 0 aliphatic rings. The molecule has 136 valence electrons. The molecule has 0 aromatic rings. The van der Waals surface area contributed by atoms with Crippen molar-refractivity contribution in [2.75, 3.05) is 26.3 Å². The van der Waals surface area contributed by atoms with Gasteiger partial charge in [-0.05, 0) is 0 Å². The number of halogens is 2. The normalized spacial score (nSPS) is 10.3. The second kappa shape index (κ2) is 15.3. The average molecular weight is 377 g/mol. The molecule has 0 aliphatic heterocycles. The lowest BCUT2D eigenvalue weighted by Crippen LogP contribution is -3.00. The Balaban J connectivity index is -0.00000200. The number of rotatable bonds is 10. The Morgan fingerprint density at radius 1 is 1.00 bits per heavy atom. The minimum atomic E-state index is -0.948. The summed E-state index contributed by atoms with van der Waals surface area (Å²) in [5.41, 5.74) is 0. The van der Waals surface area contributed by atoms with Gasteiger partial charge in [0.05, 0.1) is 13.0 Å². The number of esters is 3. The summed E-state index contributed by atoms with van der Waals surface area (Å²) in [6.45, 7) is 2.15. The van der Waals surface area contributed by atoms with Crippen LogP contribution in [0.5, 0.6) is 0 Å². The summed E-state index contributed by atoms with van der Waals surface area (Å²) in [5, 5.41) is 9.91. The number of nitrogens with two attached hydrogens (primary N) is 1. The van der Waals surface area contributed by atoms with Crippen LogP contribution in [-0.2, 0) is 33.4 Å². The second-order valence-corrected chi connectivity index (χ2v) is 4.14. The Bertz CT molecular complexity index is 391. The minimum absolute atomic E-state index is 0. The third kappa shape index (κ3) is 18.4. The standard InChI is InChI=1S/C12H19NO8.2ClH/c1-8(14)19-6-10(21-9(2)15)7-20-12(18)5-13-4-3-11(16)17;;/h10,13H,3-7H2,1-2H3,(H,16,17);2*1H/p-1. The molecule has 9 nitrogen and oxygen atoms in total. The maximum Gasteiger partial charge on any atom is 0.361 e. The van der Waals surface area contributed by atoms with Crippen molar-refractivity contribution in [3.05, 3.63) is 0 Å². The topological polar surface area (TPSA) is 133 Å². The highest BCUT2D eigenvalue weighted by atomic mass is 35.5. The number of quaternary nitrogens is 1. The molecule has 1 unspecified atom stereocenters. The Hall–Kier alpha value is -1.58. The molecule has 0 bridgehead atoms. The van der Waals surface area contributed by atoms with Crippen LogP contribution in [0.4, 0.5) is 0 Å². The van der Waals surface area contributed by atoms with E-state index in [0.717, 1.165) is 0 Å². The molecule has 0 saturated carbocycles. The SMILES string of the molecule is CC(=O)OCC(COC(=O)C[NH2+]CCC(=O)O)OC(C)=O.[Cl-].[Cl-]. The smallest absolute Gasteiger partial charge is 0.361 e. The molecule has 0 aliphatic carbocycles. The monoisotopic (exact) mass is 376 g/mol. The Kier molecular flexibility index (Phi) is 17.5. The number of hydrogen-bond acceptors (Lipinski definition) is 7. The average Bonchev–Trinajstić information content (AvgIpc) is 2.37. The minimum Gasteiger partial charge on any atom is -1.00 e. The van der Waals surface area contributed by atoms with Crippen LogP contribution in [0.1, 0.15) is 20.3 Å². The van der Waals surface area contributed by atoms with Crippen LogP contribution in [0.15, 0.2) is 0 Å². The summed E-state index contributed by atoms with van der Waals surface area (Å²) in [6, 6.07) is 0. The van der Waals surface area contributed by atoms with E-state index in [4.69, 9.17) is 14.6 Å². The fourth-order valence-corrected chi connectivity index (χ4v) is 1.25. The van der Waals surface area contributed by atoms with Crippen molar-refractivity contribution in [1.82, 2.24) is 0 Å². The lowest BCUT2D eigenvalue weighted by molar-refractivity contribution is -0.644. The van der Waals surface area contributed by atoms with E-state index in [1.54, 1.807) is 0 Å². The number of ether oxygens (including phenoxy) is 3. The fourth-order valence-electron chi connectivity index (χ4n) is 1.25. The van der Waals surface area contributed by atoms with Gasteiger partial charge in [-0.1, -0.05) is 0 Å². The van der Waals surface area contributed by atoms with Crippen LogP contribution in [0, 0.1) is 0 Å². The van der Waals surface area contributed by atoms with Crippen LogP contribution in [0.25, 0.3) is 0 Å². The van der Waals surface area contributed by atoms with E-state index in [1.807, 2.05) is 0 Å². The van der Waals surface area contributed by atoms with Crippen LogP contribution < -0.4 is 30.1 Å². The Morgan fingerprint density at radius 3 is 2.04 bits per heavy atom. The summed E-state index contributed by atoms with van der Waals surface area (Å²) < 4.78 is 14.4. The lowest BCUT2D eigenvalue weighted by Gasteiger charge is -2.16. The molecule has 0 aromatic carbocycles. The van der Waals surface area contributed by atoms with Gasteiger partial charge in [0.15, 0.2) is 12.6 Å². The largest absolute Gasteiger partial charge is 1.00 e. The number of carboxylic acids is 1. The fraction of sp³-hybridized carbons (Fsp3) is 0.667. The molecule has 0 fully saturated rings. The summed E-state index contributed by atoms with van der Waals surface area (Å²) in [4.78, 5) is 43.2. The summed E-state index contributed by atoms with van der Waals surface area (Å²) in [6.07, 6.45) is -0.926. The molecule has 0 saturated heterocycles. The van der Waals surface area contributed by atoms with Gasteiger partial charge in [0.25, 0.3) is 0 Å². The first-order valence-corrected chi connectivity index (χ1v) is 6.31. The van der Waals surface area contributed by atoms with Crippen molar-refractivity contribution in [2.24, 2.45) is 0 Å². The van der Waals surface area contributed by atoms with E-state index < -0.39 is 30.0 Å². The van der Waals surface area contributed by atoms with Gasteiger partial charge in [0, 0.05) is 13.8 Å². The first-order chi connectivity index (χ1) is 9.81. The van der Waals surface area contributed by atoms with Gasteiger partial charge in [-0.3, -0.25) is 14.4 Å². The predicted octanol–water partition coefficient (Wildman–Crippen LogP) is -7.93. The third-order valence-corrected chi connectivity index (χ3v) is 2.11. The Labute approximate surface area is 145 Å². The van der Waals surface area contributed by atoms with Crippen molar-refractivity contribution in [3.8, 4) is 0 Å². The highest BCUT2D eigenvalue weighted by molar-refractivity contribution is 5.70. The zero-order valence-electron chi connectivity index (χ0n) is 12.8. The van der Waals surface area contributed by atoms with Gasteiger partial charge in [0.2, 0.25) is 0 Å². The molecule has 0 amide bonds. The van der Waals surface area contributed by atoms with E-state index in [0.29, 0.717) is 0 Å². The van der Waals surface area contributed by atoms with Crippen molar-refractivity contribution >= 4 is 23.9 Å². The second-order valence-electron chi connectivity index (χ2n) is 4.14. The maximum absolute atomic E-state index is 11.4. The van der Waals surface area contributed by atoms with Crippen molar-refractivity contribution < 1.29 is 68.6 Å². The van der Waals surface area contributed by atoms with Gasteiger partial charge >= 0.3 is 23.9 Å². The van der Waals surface area contributed by atoms with E-state index in [1.165, 1.54) is 19.2 Å². The quantitative estimate of drug-likeness (QED) is 0.218. The zero-order valence-corrected chi connectivity index (χ0v) is 14.3. The van der Waals surface area contributed by atoms with E-state index in [-0.39, 0.29) is 57.5 Å². The first-order valence-electron chi connectivity index (χ1n) is 6.31. The maximum atomic E-state index is 11.4. The van der Waals surface area contributed by atoms with Gasteiger partial charge in [0.1, 0.15) is 13.2 Å². The van der Waals surface area contributed by atoms with Gasteiger partial charge < -0.3 is 49.4 Å². The molecule has 0 heterocycles. The van der Waals surface area contributed by atoms with Crippen molar-refractivity contribution in [1.29, 1.82) is 0 Å². The molecule has 1 atom stereocenters. The van der Waals surface area contributed by atoms with Gasteiger partial charge in [-0.25, -0.2) is 4.79 Å². The highest BCUT2D eigenvalue weighted by Crippen LogP contribution is 1.97. The molecule has 0 rings (SSSR count).